The highest BCUT2D eigenvalue weighted by Gasteiger charge is 2.26. The Kier molecular flexibility index (Phi) is 5.62. The van der Waals surface area contributed by atoms with E-state index >= 15 is 0 Å². The van der Waals surface area contributed by atoms with Gasteiger partial charge in [-0.1, -0.05) is 23.7 Å². The minimum absolute atomic E-state index is 0.129. The molecule has 2 aromatic carbocycles. The largest absolute Gasteiger partial charge is 0.492 e. The van der Waals surface area contributed by atoms with Crippen molar-refractivity contribution in [3.05, 3.63) is 82.8 Å². The van der Waals surface area contributed by atoms with Gasteiger partial charge in [0.2, 0.25) is 11.8 Å². The van der Waals surface area contributed by atoms with Gasteiger partial charge in [0.05, 0.1) is 5.92 Å². The number of rotatable bonds is 5. The number of pyridine rings is 1. The molecule has 2 heterocycles. The number of carbonyl (C=O) groups excluding carboxylic acids is 1. The van der Waals surface area contributed by atoms with Crippen molar-refractivity contribution in [2.75, 3.05) is 6.61 Å². The number of aromatic nitrogens is 1. The second-order valence-corrected chi connectivity index (χ2v) is 7.15. The van der Waals surface area contributed by atoms with Crippen molar-refractivity contribution in [3.63, 3.8) is 0 Å². The molecule has 0 bridgehead atoms. The highest BCUT2D eigenvalue weighted by atomic mass is 35.5. The van der Waals surface area contributed by atoms with Crippen molar-refractivity contribution in [2.45, 2.75) is 13.0 Å². The number of carbonyl (C=O) groups is 1. The Morgan fingerprint density at radius 2 is 2.14 bits per heavy atom. The van der Waals surface area contributed by atoms with Crippen LogP contribution in [0.3, 0.4) is 0 Å². The maximum atomic E-state index is 13.4. The van der Waals surface area contributed by atoms with Crippen LogP contribution >= 0.6 is 11.6 Å². The number of benzene rings is 2. The van der Waals surface area contributed by atoms with Gasteiger partial charge in [-0.2, -0.15) is 0 Å². The molecule has 1 unspecified atom stereocenters. The molecular formula is C22H18ClFN2O3. The first-order chi connectivity index (χ1) is 14.1. The zero-order valence-corrected chi connectivity index (χ0v) is 16.2. The summed E-state index contributed by atoms with van der Waals surface area (Å²) in [7, 11) is 0. The highest BCUT2D eigenvalue weighted by Crippen LogP contribution is 2.30. The highest BCUT2D eigenvalue weighted by molar-refractivity contribution is 6.30. The lowest BCUT2D eigenvalue weighted by Crippen LogP contribution is -2.37. The van der Waals surface area contributed by atoms with Gasteiger partial charge < -0.3 is 14.8 Å². The second-order valence-electron chi connectivity index (χ2n) is 6.71. The Balaban J connectivity index is 1.41. The number of fused-ring (bicyclic) bond motifs is 1. The summed E-state index contributed by atoms with van der Waals surface area (Å²) in [5.74, 6) is 0.574. The van der Waals surface area contributed by atoms with Crippen LogP contribution in [0.15, 0.2) is 60.8 Å². The fourth-order valence-electron chi connectivity index (χ4n) is 3.15. The van der Waals surface area contributed by atoms with Crippen LogP contribution in [0.1, 0.15) is 11.1 Å². The van der Waals surface area contributed by atoms with E-state index in [1.807, 2.05) is 12.1 Å². The summed E-state index contributed by atoms with van der Waals surface area (Å²) < 4.78 is 24.8. The van der Waals surface area contributed by atoms with Gasteiger partial charge in [-0.05, 0) is 48.4 Å². The first-order valence-electron chi connectivity index (χ1n) is 9.15. The summed E-state index contributed by atoms with van der Waals surface area (Å²) in [6, 6.07) is 14.8. The number of amides is 1. The Morgan fingerprint density at radius 1 is 1.24 bits per heavy atom. The molecule has 0 aliphatic carbocycles. The van der Waals surface area contributed by atoms with E-state index in [2.05, 4.69) is 10.3 Å². The Bertz CT molecular complexity index is 1040. The zero-order valence-electron chi connectivity index (χ0n) is 15.4. The average Bonchev–Trinajstić information content (AvgIpc) is 2.72. The van der Waals surface area contributed by atoms with Crippen LogP contribution in [0.2, 0.25) is 5.02 Å². The standard InChI is InChI=1S/C22H18ClFN2O3/c23-17-6-7-20-15(10-17)9-16(13-28-20)21(27)26-12-14-3-2-8-25-22(14)29-19-5-1-4-18(24)11-19/h1-8,10-11,16H,9,12-13H2,(H,26,27). The van der Waals surface area contributed by atoms with Crippen LogP contribution in [0, 0.1) is 11.7 Å². The molecule has 148 valence electrons. The molecule has 1 amide bonds. The van der Waals surface area contributed by atoms with Gasteiger partial charge in [-0.25, -0.2) is 9.37 Å². The predicted octanol–water partition coefficient (Wildman–Crippen LogP) is 4.53. The fourth-order valence-corrected chi connectivity index (χ4v) is 3.35. The van der Waals surface area contributed by atoms with Crippen LogP contribution in [0.25, 0.3) is 0 Å². The molecule has 1 aromatic heterocycles. The van der Waals surface area contributed by atoms with Crippen molar-refractivity contribution in [1.29, 1.82) is 0 Å². The van der Waals surface area contributed by atoms with Crippen molar-refractivity contribution in [2.24, 2.45) is 5.92 Å². The molecule has 0 radical (unpaired) electrons. The number of hydrogen-bond donors (Lipinski definition) is 1. The molecule has 1 atom stereocenters. The summed E-state index contributed by atoms with van der Waals surface area (Å²) in [5.41, 5.74) is 1.60. The van der Waals surface area contributed by atoms with Crippen molar-refractivity contribution < 1.29 is 18.7 Å². The predicted molar refractivity (Wildman–Crippen MR) is 107 cm³/mol. The molecule has 1 N–H and O–H groups in total. The topological polar surface area (TPSA) is 60.5 Å². The minimum Gasteiger partial charge on any atom is -0.492 e. The molecule has 0 saturated carbocycles. The first kappa shape index (κ1) is 19.2. The van der Waals surface area contributed by atoms with Gasteiger partial charge in [0.15, 0.2) is 0 Å². The van der Waals surface area contributed by atoms with Crippen LogP contribution < -0.4 is 14.8 Å². The molecule has 0 saturated heterocycles. The number of hydrogen-bond acceptors (Lipinski definition) is 4. The van der Waals surface area contributed by atoms with E-state index in [0.717, 1.165) is 11.3 Å². The summed E-state index contributed by atoms with van der Waals surface area (Å²) >= 11 is 6.04. The van der Waals surface area contributed by atoms with Crippen LogP contribution in [-0.4, -0.2) is 17.5 Å². The Hall–Kier alpha value is -3.12. The van der Waals surface area contributed by atoms with Gasteiger partial charge >= 0.3 is 0 Å². The number of nitrogens with one attached hydrogen (secondary N) is 1. The third kappa shape index (κ3) is 4.66. The first-order valence-corrected chi connectivity index (χ1v) is 9.52. The van der Waals surface area contributed by atoms with E-state index in [4.69, 9.17) is 21.1 Å². The lowest BCUT2D eigenvalue weighted by Gasteiger charge is -2.24. The molecule has 1 aliphatic rings. The normalized spacial score (nSPS) is 15.2. The number of halogens is 2. The van der Waals surface area contributed by atoms with Crippen LogP contribution in [0.4, 0.5) is 4.39 Å². The van der Waals surface area contributed by atoms with E-state index < -0.39 is 5.82 Å². The molecule has 1 aliphatic heterocycles. The third-order valence-corrected chi connectivity index (χ3v) is 4.85. The van der Waals surface area contributed by atoms with E-state index in [0.29, 0.717) is 35.2 Å². The van der Waals surface area contributed by atoms with Gasteiger partial charge in [-0.15, -0.1) is 0 Å². The molecule has 0 spiro atoms. The van der Waals surface area contributed by atoms with Crippen molar-refractivity contribution in [1.82, 2.24) is 10.3 Å². The maximum absolute atomic E-state index is 13.4. The van der Waals surface area contributed by atoms with Gasteiger partial charge in [0.25, 0.3) is 0 Å². The molecule has 3 aromatic rings. The van der Waals surface area contributed by atoms with E-state index in [1.165, 1.54) is 12.1 Å². The lowest BCUT2D eigenvalue weighted by atomic mass is 9.96. The molecule has 4 rings (SSSR count). The van der Waals surface area contributed by atoms with Crippen molar-refractivity contribution >= 4 is 17.5 Å². The molecule has 5 nitrogen and oxygen atoms in total. The minimum atomic E-state index is -0.397. The summed E-state index contributed by atoms with van der Waals surface area (Å²) in [6.45, 7) is 0.538. The van der Waals surface area contributed by atoms with Gasteiger partial charge in [0.1, 0.15) is 23.9 Å². The lowest BCUT2D eigenvalue weighted by molar-refractivity contribution is -0.126. The fraction of sp³-hybridized carbons (Fsp3) is 0.182. The quantitative estimate of drug-likeness (QED) is 0.668. The van der Waals surface area contributed by atoms with Crippen LogP contribution in [0.5, 0.6) is 17.4 Å². The Morgan fingerprint density at radius 3 is 3.00 bits per heavy atom. The zero-order chi connectivity index (χ0) is 20.2. The summed E-state index contributed by atoms with van der Waals surface area (Å²) in [5, 5.41) is 3.52. The smallest absolute Gasteiger partial charge is 0.227 e. The molecular weight excluding hydrogens is 395 g/mol. The molecule has 0 fully saturated rings. The maximum Gasteiger partial charge on any atom is 0.227 e. The van der Waals surface area contributed by atoms with Gasteiger partial charge in [-0.3, -0.25) is 4.79 Å². The summed E-state index contributed by atoms with van der Waals surface area (Å²) in [4.78, 5) is 16.8. The van der Waals surface area contributed by atoms with E-state index in [-0.39, 0.29) is 18.4 Å². The number of nitrogens with zero attached hydrogens (tertiary/aromatic N) is 1. The third-order valence-electron chi connectivity index (χ3n) is 4.61. The number of ether oxygens (including phenoxy) is 2. The summed E-state index contributed by atoms with van der Waals surface area (Å²) in [6.07, 6.45) is 2.14. The van der Waals surface area contributed by atoms with Gasteiger partial charge in [0, 0.05) is 29.4 Å². The van der Waals surface area contributed by atoms with E-state index in [9.17, 15) is 9.18 Å². The van der Waals surface area contributed by atoms with Crippen molar-refractivity contribution in [3.8, 4) is 17.4 Å². The monoisotopic (exact) mass is 412 g/mol. The Labute approximate surface area is 172 Å². The average molecular weight is 413 g/mol. The second kappa shape index (κ2) is 8.49. The van der Waals surface area contributed by atoms with Crippen LogP contribution in [-0.2, 0) is 17.8 Å². The SMILES string of the molecule is O=C(NCc1cccnc1Oc1cccc(F)c1)C1COc2ccc(Cl)cc2C1. The molecule has 7 heteroatoms. The van der Waals surface area contributed by atoms with E-state index in [1.54, 1.807) is 36.5 Å². The molecule has 29 heavy (non-hydrogen) atoms.